The summed E-state index contributed by atoms with van der Waals surface area (Å²) in [5.41, 5.74) is 2.02. The van der Waals surface area contributed by atoms with Crippen molar-refractivity contribution in [3.63, 3.8) is 0 Å². The summed E-state index contributed by atoms with van der Waals surface area (Å²) in [6.07, 6.45) is 0.739. The molecule has 1 aromatic rings. The predicted octanol–water partition coefficient (Wildman–Crippen LogP) is 2.29. The Kier molecular flexibility index (Phi) is 8.42. The Bertz CT molecular complexity index is 865. The molecule has 1 unspecified atom stereocenters. The van der Waals surface area contributed by atoms with Crippen LogP contribution in [0, 0.1) is 0 Å². The summed E-state index contributed by atoms with van der Waals surface area (Å²) in [5.74, 6) is -1.06. The first-order chi connectivity index (χ1) is 14.8. The van der Waals surface area contributed by atoms with Gasteiger partial charge in [-0.2, -0.15) is 0 Å². The van der Waals surface area contributed by atoms with Crippen molar-refractivity contribution < 1.29 is 28.7 Å². The zero-order valence-corrected chi connectivity index (χ0v) is 18.1. The summed E-state index contributed by atoms with van der Waals surface area (Å²) in [6.45, 7) is 5.81. The molecular weight excluding hydrogens is 404 g/mol. The number of carbonyl (C=O) groups excluding carboxylic acids is 4. The SMILES string of the molecule is CCCN1C(=O)NC(c2ccc(NC(=O)NCC(=O)OCC)cc2)C(C(=O)OC)=C1C. The van der Waals surface area contributed by atoms with Gasteiger partial charge in [-0.25, -0.2) is 14.4 Å². The number of hydrogen-bond donors (Lipinski definition) is 3. The molecule has 0 saturated carbocycles. The minimum absolute atomic E-state index is 0.235. The number of methoxy groups -OCH3 is 1. The number of nitrogens with zero attached hydrogens (tertiary/aromatic N) is 1. The van der Waals surface area contributed by atoms with E-state index in [1.54, 1.807) is 38.1 Å². The molecule has 0 saturated heterocycles. The normalized spacial score (nSPS) is 15.8. The molecule has 10 heteroatoms. The Morgan fingerprint density at radius 2 is 1.84 bits per heavy atom. The molecule has 10 nitrogen and oxygen atoms in total. The van der Waals surface area contributed by atoms with Gasteiger partial charge in [-0.15, -0.1) is 0 Å². The number of benzene rings is 1. The van der Waals surface area contributed by atoms with E-state index in [0.29, 0.717) is 29.1 Å². The number of carbonyl (C=O) groups is 4. The number of allylic oxidation sites excluding steroid dienone is 1. The van der Waals surface area contributed by atoms with Crippen LogP contribution in [-0.4, -0.2) is 55.7 Å². The first-order valence-electron chi connectivity index (χ1n) is 9.99. The molecule has 0 radical (unpaired) electrons. The van der Waals surface area contributed by atoms with E-state index in [2.05, 4.69) is 16.0 Å². The van der Waals surface area contributed by atoms with Gasteiger partial charge in [-0.1, -0.05) is 19.1 Å². The van der Waals surface area contributed by atoms with Crippen molar-refractivity contribution in [3.05, 3.63) is 41.1 Å². The molecule has 0 fully saturated rings. The molecule has 1 aromatic carbocycles. The van der Waals surface area contributed by atoms with E-state index in [-0.39, 0.29) is 19.2 Å². The lowest BCUT2D eigenvalue weighted by molar-refractivity contribution is -0.141. The highest BCUT2D eigenvalue weighted by Crippen LogP contribution is 2.31. The smallest absolute Gasteiger partial charge is 0.337 e. The van der Waals surface area contributed by atoms with Crippen molar-refractivity contribution in [2.45, 2.75) is 33.2 Å². The summed E-state index contributed by atoms with van der Waals surface area (Å²) < 4.78 is 9.68. The zero-order valence-electron chi connectivity index (χ0n) is 18.1. The summed E-state index contributed by atoms with van der Waals surface area (Å²) in [6, 6.07) is 5.11. The number of amides is 4. The highest BCUT2D eigenvalue weighted by Gasteiger charge is 2.35. The zero-order chi connectivity index (χ0) is 23.0. The fraction of sp³-hybridized carbons (Fsp3) is 0.429. The molecule has 0 spiro atoms. The van der Waals surface area contributed by atoms with Crippen molar-refractivity contribution in [1.29, 1.82) is 0 Å². The Hall–Kier alpha value is -3.56. The van der Waals surface area contributed by atoms with Crippen LogP contribution in [0.3, 0.4) is 0 Å². The van der Waals surface area contributed by atoms with Gasteiger partial charge in [0.1, 0.15) is 6.54 Å². The molecule has 0 bridgehead atoms. The highest BCUT2D eigenvalue weighted by molar-refractivity contribution is 5.95. The number of urea groups is 2. The average molecular weight is 432 g/mol. The monoisotopic (exact) mass is 432 g/mol. The van der Waals surface area contributed by atoms with Gasteiger partial charge in [0.2, 0.25) is 0 Å². The lowest BCUT2D eigenvalue weighted by Gasteiger charge is -2.35. The third kappa shape index (κ3) is 5.97. The minimum Gasteiger partial charge on any atom is -0.466 e. The third-order valence-corrected chi connectivity index (χ3v) is 4.65. The second-order valence-electron chi connectivity index (χ2n) is 6.76. The number of nitrogens with one attached hydrogen (secondary N) is 3. The summed E-state index contributed by atoms with van der Waals surface area (Å²) in [4.78, 5) is 49.7. The Morgan fingerprint density at radius 3 is 2.42 bits per heavy atom. The molecule has 1 atom stereocenters. The van der Waals surface area contributed by atoms with Crippen molar-refractivity contribution in [3.8, 4) is 0 Å². The number of hydrogen-bond acceptors (Lipinski definition) is 6. The van der Waals surface area contributed by atoms with Crippen LogP contribution in [0.4, 0.5) is 15.3 Å². The van der Waals surface area contributed by atoms with Crippen LogP contribution < -0.4 is 16.0 Å². The summed E-state index contributed by atoms with van der Waals surface area (Å²) in [5, 5.41) is 7.84. The van der Waals surface area contributed by atoms with Gasteiger partial charge in [0.25, 0.3) is 0 Å². The number of anilines is 1. The largest absolute Gasteiger partial charge is 0.466 e. The van der Waals surface area contributed by atoms with E-state index in [0.717, 1.165) is 6.42 Å². The van der Waals surface area contributed by atoms with E-state index in [4.69, 9.17) is 9.47 Å². The van der Waals surface area contributed by atoms with Gasteiger partial charge in [-0.3, -0.25) is 9.69 Å². The van der Waals surface area contributed by atoms with E-state index in [1.165, 1.54) is 12.0 Å². The maximum absolute atomic E-state index is 12.5. The maximum Gasteiger partial charge on any atom is 0.337 e. The van der Waals surface area contributed by atoms with Crippen LogP contribution >= 0.6 is 0 Å². The van der Waals surface area contributed by atoms with Crippen LogP contribution in [0.5, 0.6) is 0 Å². The van der Waals surface area contributed by atoms with E-state index < -0.39 is 24.0 Å². The lowest BCUT2D eigenvalue weighted by Crippen LogP contribution is -2.48. The lowest BCUT2D eigenvalue weighted by atomic mass is 9.94. The molecule has 2 rings (SSSR count). The fourth-order valence-corrected chi connectivity index (χ4v) is 3.20. The van der Waals surface area contributed by atoms with Gasteiger partial charge in [0.15, 0.2) is 0 Å². The van der Waals surface area contributed by atoms with Crippen molar-refractivity contribution in [2.24, 2.45) is 0 Å². The minimum atomic E-state index is -0.681. The third-order valence-electron chi connectivity index (χ3n) is 4.65. The van der Waals surface area contributed by atoms with Crippen LogP contribution in [0.1, 0.15) is 38.8 Å². The fourth-order valence-electron chi connectivity index (χ4n) is 3.20. The van der Waals surface area contributed by atoms with Gasteiger partial charge >= 0.3 is 24.0 Å². The molecule has 3 N–H and O–H groups in total. The van der Waals surface area contributed by atoms with E-state index in [1.807, 2.05) is 6.92 Å². The molecular formula is C21H28N4O6. The molecule has 0 aliphatic carbocycles. The standard InChI is InChI=1S/C21H28N4O6/c1-5-11-25-13(3)17(19(27)30-4)18(24-21(25)29)14-7-9-15(10-8-14)23-20(28)22-12-16(26)31-6-2/h7-10,18H,5-6,11-12H2,1-4H3,(H,24,29)(H2,22,23,28). The van der Waals surface area contributed by atoms with Gasteiger partial charge in [0.05, 0.1) is 25.3 Å². The van der Waals surface area contributed by atoms with E-state index >= 15 is 0 Å². The second-order valence-corrected chi connectivity index (χ2v) is 6.76. The van der Waals surface area contributed by atoms with Crippen molar-refractivity contribution in [1.82, 2.24) is 15.5 Å². The maximum atomic E-state index is 12.5. The summed E-state index contributed by atoms with van der Waals surface area (Å²) >= 11 is 0. The summed E-state index contributed by atoms with van der Waals surface area (Å²) in [7, 11) is 1.29. The first-order valence-corrected chi connectivity index (χ1v) is 9.99. The molecule has 1 aliphatic heterocycles. The van der Waals surface area contributed by atoms with Gasteiger partial charge in [0, 0.05) is 17.9 Å². The Balaban J connectivity index is 2.16. The molecule has 31 heavy (non-hydrogen) atoms. The molecule has 1 heterocycles. The number of rotatable bonds is 8. The van der Waals surface area contributed by atoms with Crippen molar-refractivity contribution in [2.75, 3.05) is 32.1 Å². The number of ether oxygens (including phenoxy) is 2. The van der Waals surface area contributed by atoms with Crippen LogP contribution in [-0.2, 0) is 19.1 Å². The van der Waals surface area contributed by atoms with Gasteiger partial charge < -0.3 is 25.4 Å². The van der Waals surface area contributed by atoms with Crippen LogP contribution in [0.25, 0.3) is 0 Å². The Labute approximate surface area is 180 Å². The molecule has 0 aromatic heterocycles. The quantitative estimate of drug-likeness (QED) is 0.541. The molecule has 1 aliphatic rings. The second kappa shape index (κ2) is 11.0. The van der Waals surface area contributed by atoms with Crippen LogP contribution in [0.2, 0.25) is 0 Å². The van der Waals surface area contributed by atoms with Gasteiger partial charge in [-0.05, 0) is 38.0 Å². The topological polar surface area (TPSA) is 126 Å². The molecule has 4 amide bonds. The number of esters is 2. The van der Waals surface area contributed by atoms with Crippen molar-refractivity contribution >= 4 is 29.7 Å². The highest BCUT2D eigenvalue weighted by atomic mass is 16.5. The van der Waals surface area contributed by atoms with E-state index in [9.17, 15) is 19.2 Å². The first kappa shape index (κ1) is 23.7. The molecule has 168 valence electrons. The van der Waals surface area contributed by atoms with Crippen LogP contribution in [0.15, 0.2) is 35.5 Å². The average Bonchev–Trinajstić information content (AvgIpc) is 2.75. The Morgan fingerprint density at radius 1 is 1.16 bits per heavy atom. The predicted molar refractivity (Wildman–Crippen MR) is 113 cm³/mol.